The molecule has 0 saturated carbocycles. The van der Waals surface area contributed by atoms with Gasteiger partial charge in [0, 0.05) is 6.42 Å². The van der Waals surface area contributed by atoms with Gasteiger partial charge in [0.15, 0.2) is 0 Å². The summed E-state index contributed by atoms with van der Waals surface area (Å²) in [5.41, 5.74) is 0. The quantitative estimate of drug-likeness (QED) is 0.0825. The fraction of sp³-hybridized carbons (Fsp3) is 0.824. The third kappa shape index (κ3) is 17.8. The Morgan fingerprint density at radius 2 is 0.875 bits per heavy atom. The molecule has 278 valence electrons. The molecule has 0 aliphatic carbocycles. The summed E-state index contributed by atoms with van der Waals surface area (Å²) in [6.07, 6.45) is -2.76. The Morgan fingerprint density at radius 3 is 1.29 bits per heavy atom. The Kier molecular flexibility index (Phi) is 20.2. The largest absolute Gasteiger partial charge is 0.481 e. The molecular formula is C34H63N5O9. The molecule has 0 bridgehead atoms. The van der Waals surface area contributed by atoms with Crippen LogP contribution in [-0.2, 0) is 28.8 Å². The van der Waals surface area contributed by atoms with Gasteiger partial charge in [0.25, 0.3) is 0 Å². The van der Waals surface area contributed by atoms with Gasteiger partial charge in [-0.25, -0.2) is 0 Å². The smallest absolute Gasteiger partial charge is 0.306 e. The first kappa shape index (κ1) is 44.7. The minimum Gasteiger partial charge on any atom is -0.481 e. The Hall–Kier alpha value is -3.26. The lowest BCUT2D eigenvalue weighted by Gasteiger charge is -2.31. The maximum atomic E-state index is 13.5. The van der Waals surface area contributed by atoms with Crippen LogP contribution in [0.3, 0.4) is 0 Å². The summed E-state index contributed by atoms with van der Waals surface area (Å²) in [5, 5.41) is 43.9. The minimum atomic E-state index is -1.33. The van der Waals surface area contributed by atoms with E-state index in [0.717, 1.165) is 0 Å². The molecule has 5 amide bonds. The first-order chi connectivity index (χ1) is 22.0. The number of carboxylic acid groups (broad SMARTS) is 1. The van der Waals surface area contributed by atoms with Crippen molar-refractivity contribution in [3.05, 3.63) is 0 Å². The zero-order valence-corrected chi connectivity index (χ0v) is 30.8. The van der Waals surface area contributed by atoms with Gasteiger partial charge in [-0.15, -0.1) is 0 Å². The molecule has 0 radical (unpaired) electrons. The summed E-state index contributed by atoms with van der Waals surface area (Å²) < 4.78 is 0. The van der Waals surface area contributed by atoms with Crippen LogP contribution in [0.2, 0.25) is 0 Å². The second kappa shape index (κ2) is 21.7. The molecule has 0 aliphatic rings. The molecule has 0 rings (SSSR count). The highest BCUT2D eigenvalue weighted by Gasteiger charge is 2.34. The van der Waals surface area contributed by atoms with Crippen LogP contribution in [0.1, 0.15) is 108 Å². The summed E-state index contributed by atoms with van der Waals surface area (Å²) in [6.45, 7) is 19.8. The molecule has 0 aromatic rings. The molecule has 8 N–H and O–H groups in total. The predicted octanol–water partition coefficient (Wildman–Crippen LogP) is 1.47. The molecule has 14 heteroatoms. The second-order valence-corrected chi connectivity index (χ2v) is 14.8. The number of nitrogens with one attached hydrogen (secondary N) is 5. The molecular weight excluding hydrogens is 622 g/mol. The van der Waals surface area contributed by atoms with E-state index in [1.54, 1.807) is 27.7 Å². The minimum absolute atomic E-state index is 0.0152. The van der Waals surface area contributed by atoms with Gasteiger partial charge in [0.05, 0.1) is 37.1 Å². The molecule has 14 nitrogen and oxygen atoms in total. The fourth-order valence-electron chi connectivity index (χ4n) is 5.16. The molecule has 0 spiro atoms. The molecule has 0 aromatic heterocycles. The van der Waals surface area contributed by atoms with Gasteiger partial charge in [0.2, 0.25) is 29.5 Å². The highest BCUT2D eigenvalue weighted by molar-refractivity contribution is 5.92. The van der Waals surface area contributed by atoms with Crippen molar-refractivity contribution >= 4 is 35.5 Å². The van der Waals surface area contributed by atoms with Crippen molar-refractivity contribution in [3.63, 3.8) is 0 Å². The first-order valence-electron chi connectivity index (χ1n) is 17.1. The van der Waals surface area contributed by atoms with E-state index >= 15 is 0 Å². The van der Waals surface area contributed by atoms with Crippen molar-refractivity contribution < 1.29 is 44.1 Å². The maximum Gasteiger partial charge on any atom is 0.306 e. The normalized spacial score (nSPS) is 16.1. The first-order valence-corrected chi connectivity index (χ1v) is 17.1. The van der Waals surface area contributed by atoms with E-state index in [1.165, 1.54) is 6.92 Å². The molecule has 0 saturated heterocycles. The number of amides is 5. The van der Waals surface area contributed by atoms with Gasteiger partial charge in [0.1, 0.15) is 18.1 Å². The van der Waals surface area contributed by atoms with Gasteiger partial charge in [-0.05, 0) is 49.4 Å². The lowest BCUT2D eigenvalue weighted by molar-refractivity contribution is -0.140. The molecule has 0 fully saturated rings. The van der Waals surface area contributed by atoms with E-state index in [2.05, 4.69) is 26.6 Å². The van der Waals surface area contributed by atoms with Gasteiger partial charge >= 0.3 is 5.97 Å². The topological polar surface area (TPSA) is 223 Å². The number of hydrogen-bond donors (Lipinski definition) is 8. The van der Waals surface area contributed by atoms with Crippen LogP contribution in [0, 0.1) is 29.6 Å². The number of carboxylic acids is 1. The average molecular weight is 686 g/mol. The summed E-state index contributed by atoms with van der Waals surface area (Å²) in [5.74, 6) is -4.25. The summed E-state index contributed by atoms with van der Waals surface area (Å²) in [7, 11) is 0. The summed E-state index contributed by atoms with van der Waals surface area (Å²) in [4.78, 5) is 75.9. The number of rotatable bonds is 22. The van der Waals surface area contributed by atoms with E-state index in [9.17, 15) is 39.0 Å². The highest BCUT2D eigenvalue weighted by atomic mass is 16.4. The Balaban J connectivity index is 5.60. The number of aliphatic carboxylic acids is 1. The van der Waals surface area contributed by atoms with Gasteiger partial charge in [-0.2, -0.15) is 0 Å². The van der Waals surface area contributed by atoms with Crippen molar-refractivity contribution in [3.8, 4) is 0 Å². The Labute approximate surface area is 286 Å². The fourth-order valence-corrected chi connectivity index (χ4v) is 5.16. The number of aliphatic hydroxyl groups is 2. The van der Waals surface area contributed by atoms with Crippen molar-refractivity contribution in [2.24, 2.45) is 29.6 Å². The van der Waals surface area contributed by atoms with E-state index in [-0.39, 0.29) is 41.9 Å². The van der Waals surface area contributed by atoms with Crippen LogP contribution in [-0.4, -0.2) is 93.2 Å². The van der Waals surface area contributed by atoms with Crippen LogP contribution in [0.25, 0.3) is 0 Å². The maximum absolute atomic E-state index is 13.5. The number of carbonyl (C=O) groups excluding carboxylic acids is 5. The van der Waals surface area contributed by atoms with Crippen molar-refractivity contribution in [2.75, 3.05) is 0 Å². The lowest BCUT2D eigenvalue weighted by atomic mass is 9.95. The lowest BCUT2D eigenvalue weighted by Crippen LogP contribution is -2.59. The number of hydrogen-bond acceptors (Lipinski definition) is 8. The number of aliphatic hydroxyl groups excluding tert-OH is 2. The zero-order chi connectivity index (χ0) is 37.5. The van der Waals surface area contributed by atoms with Gasteiger partial charge in [-0.1, -0.05) is 69.2 Å². The van der Waals surface area contributed by atoms with Crippen LogP contribution >= 0.6 is 0 Å². The van der Waals surface area contributed by atoms with Gasteiger partial charge in [-0.3, -0.25) is 28.8 Å². The van der Waals surface area contributed by atoms with Crippen LogP contribution in [0.4, 0.5) is 0 Å². The van der Waals surface area contributed by atoms with Gasteiger partial charge < -0.3 is 41.9 Å². The van der Waals surface area contributed by atoms with E-state index in [0.29, 0.717) is 12.8 Å². The van der Waals surface area contributed by atoms with E-state index in [4.69, 9.17) is 5.11 Å². The van der Waals surface area contributed by atoms with Crippen molar-refractivity contribution in [1.82, 2.24) is 26.6 Å². The van der Waals surface area contributed by atoms with E-state index < -0.39 is 84.9 Å². The van der Waals surface area contributed by atoms with Crippen LogP contribution in [0.5, 0.6) is 0 Å². The van der Waals surface area contributed by atoms with Crippen molar-refractivity contribution in [2.45, 2.75) is 151 Å². The molecule has 48 heavy (non-hydrogen) atoms. The highest BCUT2D eigenvalue weighted by Crippen LogP contribution is 2.15. The monoisotopic (exact) mass is 685 g/mol. The van der Waals surface area contributed by atoms with Crippen LogP contribution < -0.4 is 26.6 Å². The molecule has 0 heterocycles. The SMILES string of the molecule is CC(C)CC(=O)N[C@@H](C(=O)N[C@@H](C(=O)N[C@@H](CC(C)C)[C@@H](O)CC(=O)N[C@@H](C)C(=O)N[C@@H](CC(C)C)[C@@H](O)CC(=O)O)C(C)C)C(C)C. The summed E-state index contributed by atoms with van der Waals surface area (Å²) in [6, 6.07) is -4.61. The van der Waals surface area contributed by atoms with Crippen molar-refractivity contribution in [1.29, 1.82) is 0 Å². The van der Waals surface area contributed by atoms with E-state index in [1.807, 2.05) is 41.5 Å². The third-order valence-corrected chi connectivity index (χ3v) is 7.69. The Morgan fingerprint density at radius 1 is 0.479 bits per heavy atom. The molecule has 7 atom stereocenters. The zero-order valence-electron chi connectivity index (χ0n) is 30.8. The standard InChI is InChI=1S/C34H63N5O9/c1-17(2)12-23(37-33(47)31(21(9)10)39-34(48)30(20(7)8)38-27(42)14-19(5)6)25(40)15-28(43)35-22(11)32(46)36-24(13-18(3)4)26(41)16-29(44)45/h17-26,30-31,40-41H,12-16H2,1-11H3,(H,35,43)(H,36,46)(H,37,47)(H,38,42)(H,39,48)(H,44,45)/t22-,23-,24-,25-,26-,30+,31+/m0/s1. The average Bonchev–Trinajstić information content (AvgIpc) is 2.91. The van der Waals surface area contributed by atoms with Crippen LogP contribution in [0.15, 0.2) is 0 Å². The molecule has 0 aliphatic heterocycles. The predicted molar refractivity (Wildman–Crippen MR) is 182 cm³/mol. The number of carbonyl (C=O) groups is 6. The Bertz CT molecular complexity index is 1060. The third-order valence-electron chi connectivity index (χ3n) is 7.69. The molecule has 0 unspecified atom stereocenters. The summed E-state index contributed by atoms with van der Waals surface area (Å²) >= 11 is 0. The molecule has 0 aromatic carbocycles. The second-order valence-electron chi connectivity index (χ2n) is 14.8.